The monoisotopic (exact) mass is 380 g/mol. The molecule has 1 N–H and O–H groups in total. The van der Waals surface area contributed by atoms with Crippen molar-refractivity contribution in [2.75, 3.05) is 25.7 Å². The molecule has 1 atom stereocenters. The Morgan fingerprint density at radius 3 is 2.75 bits per heavy atom. The molecule has 2 aromatic heterocycles. The Labute approximate surface area is 162 Å². The van der Waals surface area contributed by atoms with Crippen LogP contribution in [-0.2, 0) is 4.79 Å². The van der Waals surface area contributed by atoms with E-state index in [1.165, 1.54) is 0 Å². The van der Waals surface area contributed by atoms with Gasteiger partial charge in [0.05, 0.1) is 20.4 Å². The van der Waals surface area contributed by atoms with Crippen molar-refractivity contribution >= 4 is 11.7 Å². The third-order valence-corrected chi connectivity index (χ3v) is 4.60. The summed E-state index contributed by atoms with van der Waals surface area (Å²) in [6, 6.07) is 10.9. The van der Waals surface area contributed by atoms with Crippen LogP contribution in [0.25, 0.3) is 11.1 Å². The molecule has 0 radical (unpaired) electrons. The summed E-state index contributed by atoms with van der Waals surface area (Å²) in [7, 11) is 3.14. The Hall–Kier alpha value is -3.55. The average Bonchev–Trinajstić information content (AvgIpc) is 3.38. The molecule has 1 fully saturated rings. The van der Waals surface area contributed by atoms with Crippen molar-refractivity contribution < 1.29 is 19.0 Å². The lowest BCUT2D eigenvalue weighted by molar-refractivity contribution is -0.122. The molecule has 1 aromatic carbocycles. The van der Waals surface area contributed by atoms with Crippen LogP contribution in [0.15, 0.2) is 48.8 Å². The second kappa shape index (κ2) is 7.59. The SMILES string of the molecule is COc1cccc(OC2CCN(c3ccc(-c4cn[nH]c4)c(OC)n3)C2=O)c1. The van der Waals surface area contributed by atoms with E-state index in [0.717, 1.165) is 11.1 Å². The van der Waals surface area contributed by atoms with E-state index in [2.05, 4.69) is 15.2 Å². The van der Waals surface area contributed by atoms with Gasteiger partial charge in [-0.3, -0.25) is 14.8 Å². The number of benzene rings is 1. The molecule has 1 amide bonds. The number of nitrogens with zero attached hydrogens (tertiary/aromatic N) is 3. The van der Waals surface area contributed by atoms with Gasteiger partial charge in [0, 0.05) is 36.4 Å². The molecule has 144 valence electrons. The minimum atomic E-state index is -0.562. The van der Waals surface area contributed by atoms with Crippen molar-refractivity contribution in [3.05, 3.63) is 48.8 Å². The van der Waals surface area contributed by atoms with E-state index >= 15 is 0 Å². The summed E-state index contributed by atoms with van der Waals surface area (Å²) in [5.41, 5.74) is 1.67. The molecule has 1 unspecified atom stereocenters. The summed E-state index contributed by atoms with van der Waals surface area (Å²) in [5.74, 6) is 2.12. The fraction of sp³-hybridized carbons (Fsp3) is 0.250. The molecule has 0 aliphatic carbocycles. The molecule has 3 aromatic rings. The van der Waals surface area contributed by atoms with Crippen molar-refractivity contribution in [3.8, 4) is 28.5 Å². The third-order valence-electron chi connectivity index (χ3n) is 4.60. The standard InChI is InChI=1S/C20H20N4O4/c1-26-14-4-3-5-15(10-14)28-17-8-9-24(20(17)25)18-7-6-16(19(23-18)27-2)13-11-21-22-12-13/h3-7,10-12,17H,8-9H2,1-2H3,(H,21,22). The Balaban J connectivity index is 1.53. The zero-order chi connectivity index (χ0) is 19.5. The number of ether oxygens (including phenoxy) is 3. The fourth-order valence-corrected chi connectivity index (χ4v) is 3.18. The molecule has 0 bridgehead atoms. The zero-order valence-corrected chi connectivity index (χ0v) is 15.6. The molecule has 8 nitrogen and oxygen atoms in total. The Morgan fingerprint density at radius 1 is 1.14 bits per heavy atom. The number of amides is 1. The number of hydrogen-bond acceptors (Lipinski definition) is 6. The van der Waals surface area contributed by atoms with Crippen molar-refractivity contribution in [3.63, 3.8) is 0 Å². The number of rotatable bonds is 6. The molecule has 1 aliphatic rings. The number of aromatic nitrogens is 3. The number of methoxy groups -OCH3 is 2. The molecule has 1 saturated heterocycles. The first-order chi connectivity index (χ1) is 13.7. The highest BCUT2D eigenvalue weighted by Crippen LogP contribution is 2.32. The molecule has 4 rings (SSSR count). The lowest BCUT2D eigenvalue weighted by Crippen LogP contribution is -2.32. The molecular formula is C20H20N4O4. The van der Waals surface area contributed by atoms with Crippen LogP contribution in [0.3, 0.4) is 0 Å². The average molecular weight is 380 g/mol. The van der Waals surface area contributed by atoms with Gasteiger partial charge in [-0.05, 0) is 24.3 Å². The van der Waals surface area contributed by atoms with Gasteiger partial charge in [-0.2, -0.15) is 10.1 Å². The Morgan fingerprint density at radius 2 is 2.00 bits per heavy atom. The van der Waals surface area contributed by atoms with Crippen LogP contribution < -0.4 is 19.1 Å². The van der Waals surface area contributed by atoms with Crippen molar-refractivity contribution in [2.24, 2.45) is 0 Å². The second-order valence-corrected chi connectivity index (χ2v) is 6.28. The van der Waals surface area contributed by atoms with Gasteiger partial charge in [0.1, 0.15) is 17.3 Å². The Kier molecular flexibility index (Phi) is 4.84. The highest BCUT2D eigenvalue weighted by Gasteiger charge is 2.35. The maximum absolute atomic E-state index is 12.9. The van der Waals surface area contributed by atoms with Crippen LogP contribution in [0.4, 0.5) is 5.82 Å². The lowest BCUT2D eigenvalue weighted by atomic mass is 10.1. The molecule has 0 saturated carbocycles. The smallest absolute Gasteiger partial charge is 0.269 e. The van der Waals surface area contributed by atoms with Crippen molar-refractivity contribution in [1.82, 2.24) is 15.2 Å². The maximum atomic E-state index is 12.9. The minimum Gasteiger partial charge on any atom is -0.497 e. The van der Waals surface area contributed by atoms with Gasteiger partial charge in [-0.15, -0.1) is 0 Å². The summed E-state index contributed by atoms with van der Waals surface area (Å²) >= 11 is 0. The van der Waals surface area contributed by atoms with Crippen LogP contribution in [0.5, 0.6) is 17.4 Å². The van der Waals surface area contributed by atoms with Gasteiger partial charge in [-0.25, -0.2) is 0 Å². The minimum absolute atomic E-state index is 0.131. The third kappa shape index (κ3) is 3.36. The van der Waals surface area contributed by atoms with E-state index < -0.39 is 6.10 Å². The van der Waals surface area contributed by atoms with E-state index in [1.54, 1.807) is 49.7 Å². The number of hydrogen-bond donors (Lipinski definition) is 1. The first kappa shape index (κ1) is 17.8. The maximum Gasteiger partial charge on any atom is 0.269 e. The van der Waals surface area contributed by atoms with E-state index in [4.69, 9.17) is 14.2 Å². The van der Waals surface area contributed by atoms with Crippen LogP contribution in [0.1, 0.15) is 6.42 Å². The van der Waals surface area contributed by atoms with Gasteiger partial charge in [0.2, 0.25) is 5.88 Å². The summed E-state index contributed by atoms with van der Waals surface area (Å²) in [4.78, 5) is 19.0. The van der Waals surface area contributed by atoms with Gasteiger partial charge in [0.15, 0.2) is 6.10 Å². The number of anilines is 1. The number of H-pyrrole nitrogens is 1. The van der Waals surface area contributed by atoms with Crippen LogP contribution in [0.2, 0.25) is 0 Å². The number of aromatic amines is 1. The predicted molar refractivity (Wildman–Crippen MR) is 103 cm³/mol. The molecule has 28 heavy (non-hydrogen) atoms. The second-order valence-electron chi connectivity index (χ2n) is 6.28. The first-order valence-electron chi connectivity index (χ1n) is 8.86. The number of pyridine rings is 1. The normalized spacial score (nSPS) is 16.3. The summed E-state index contributed by atoms with van der Waals surface area (Å²) < 4.78 is 16.5. The molecule has 8 heteroatoms. The van der Waals surface area contributed by atoms with E-state index in [0.29, 0.717) is 36.2 Å². The van der Waals surface area contributed by atoms with Gasteiger partial charge in [0.25, 0.3) is 5.91 Å². The van der Waals surface area contributed by atoms with E-state index in [9.17, 15) is 4.79 Å². The topological polar surface area (TPSA) is 89.6 Å². The van der Waals surface area contributed by atoms with E-state index in [-0.39, 0.29) is 5.91 Å². The number of carbonyl (C=O) groups excluding carboxylic acids is 1. The van der Waals surface area contributed by atoms with Gasteiger partial charge < -0.3 is 14.2 Å². The summed E-state index contributed by atoms with van der Waals surface area (Å²) in [5, 5.41) is 6.72. The van der Waals surface area contributed by atoms with Gasteiger partial charge in [-0.1, -0.05) is 6.07 Å². The first-order valence-corrected chi connectivity index (χ1v) is 8.86. The highest BCUT2D eigenvalue weighted by molar-refractivity contribution is 5.98. The largest absolute Gasteiger partial charge is 0.497 e. The summed E-state index contributed by atoms with van der Waals surface area (Å²) in [6.07, 6.45) is 3.47. The quantitative estimate of drug-likeness (QED) is 0.707. The molecule has 0 spiro atoms. The summed E-state index contributed by atoms with van der Waals surface area (Å²) in [6.45, 7) is 0.522. The predicted octanol–water partition coefficient (Wildman–Crippen LogP) is 2.67. The van der Waals surface area contributed by atoms with E-state index in [1.807, 2.05) is 18.2 Å². The number of nitrogens with one attached hydrogen (secondary N) is 1. The molecular weight excluding hydrogens is 360 g/mol. The van der Waals surface area contributed by atoms with Crippen molar-refractivity contribution in [1.29, 1.82) is 0 Å². The molecule has 1 aliphatic heterocycles. The lowest BCUT2D eigenvalue weighted by Gasteiger charge is -2.18. The molecule has 3 heterocycles. The van der Waals surface area contributed by atoms with Crippen LogP contribution >= 0.6 is 0 Å². The van der Waals surface area contributed by atoms with Crippen molar-refractivity contribution in [2.45, 2.75) is 12.5 Å². The van der Waals surface area contributed by atoms with Crippen LogP contribution in [0, 0.1) is 0 Å². The zero-order valence-electron chi connectivity index (χ0n) is 15.6. The fourth-order valence-electron chi connectivity index (χ4n) is 3.18. The highest BCUT2D eigenvalue weighted by atomic mass is 16.5. The number of carbonyl (C=O) groups is 1. The van der Waals surface area contributed by atoms with Gasteiger partial charge >= 0.3 is 0 Å². The van der Waals surface area contributed by atoms with Crippen LogP contribution in [-0.4, -0.2) is 48.0 Å². The Bertz CT molecular complexity index is 974.